The van der Waals surface area contributed by atoms with Crippen molar-refractivity contribution in [1.29, 1.82) is 0 Å². The number of rotatable bonds is 6. The fourth-order valence-corrected chi connectivity index (χ4v) is 2.02. The van der Waals surface area contributed by atoms with Crippen LogP contribution in [0.3, 0.4) is 0 Å². The summed E-state index contributed by atoms with van der Waals surface area (Å²) in [6.45, 7) is 3.49. The smallest absolute Gasteiger partial charge is 0.222 e. The normalized spacial score (nSPS) is 26.0. The summed E-state index contributed by atoms with van der Waals surface area (Å²) in [5, 5.41) is 9.16. The number of nitrogens with zero attached hydrogens (tertiary/aromatic N) is 1. The van der Waals surface area contributed by atoms with E-state index in [1.807, 2.05) is 7.05 Å². The van der Waals surface area contributed by atoms with Gasteiger partial charge in [-0.2, -0.15) is 0 Å². The summed E-state index contributed by atoms with van der Waals surface area (Å²) < 4.78 is 0. The van der Waals surface area contributed by atoms with E-state index < -0.39 is 0 Å². The fourth-order valence-electron chi connectivity index (χ4n) is 2.02. The van der Waals surface area contributed by atoms with Crippen molar-refractivity contribution in [2.45, 2.75) is 38.7 Å². The van der Waals surface area contributed by atoms with Gasteiger partial charge in [0.15, 0.2) is 0 Å². The highest BCUT2D eigenvalue weighted by Gasteiger charge is 2.28. The highest BCUT2D eigenvalue weighted by molar-refractivity contribution is 5.75. The summed E-state index contributed by atoms with van der Waals surface area (Å²) in [5.74, 6) is 1.11. The van der Waals surface area contributed by atoms with Crippen LogP contribution in [0.2, 0.25) is 0 Å². The SMILES string of the molecule is CC(CN)CCC(=O)N(C)CC1CC(O)C1. The third-order valence-corrected chi connectivity index (χ3v) is 3.42. The molecule has 94 valence electrons. The van der Waals surface area contributed by atoms with Crippen molar-refractivity contribution in [3.8, 4) is 0 Å². The third kappa shape index (κ3) is 4.10. The number of aliphatic hydroxyl groups is 1. The second-order valence-electron chi connectivity index (χ2n) is 5.15. The van der Waals surface area contributed by atoms with Crippen molar-refractivity contribution in [3.63, 3.8) is 0 Å². The maximum absolute atomic E-state index is 11.7. The Bertz CT molecular complexity index is 227. The lowest BCUT2D eigenvalue weighted by molar-refractivity contribution is -0.131. The quantitative estimate of drug-likeness (QED) is 0.699. The maximum atomic E-state index is 11.7. The Morgan fingerprint density at radius 3 is 2.69 bits per heavy atom. The molecule has 1 aliphatic carbocycles. The highest BCUT2D eigenvalue weighted by Crippen LogP contribution is 2.27. The summed E-state index contributed by atoms with van der Waals surface area (Å²) in [6.07, 6.45) is 3.01. The van der Waals surface area contributed by atoms with Crippen LogP contribution in [0.15, 0.2) is 0 Å². The van der Waals surface area contributed by atoms with E-state index in [1.165, 1.54) is 0 Å². The second-order valence-corrected chi connectivity index (χ2v) is 5.15. The molecule has 0 bridgehead atoms. The fraction of sp³-hybridized carbons (Fsp3) is 0.917. The van der Waals surface area contributed by atoms with Gasteiger partial charge in [0.1, 0.15) is 0 Å². The van der Waals surface area contributed by atoms with Crippen LogP contribution in [0, 0.1) is 11.8 Å². The second kappa shape index (κ2) is 6.21. The average Bonchev–Trinajstić information content (AvgIpc) is 2.22. The van der Waals surface area contributed by atoms with Crippen molar-refractivity contribution in [2.24, 2.45) is 17.6 Å². The number of hydrogen-bond donors (Lipinski definition) is 2. The maximum Gasteiger partial charge on any atom is 0.222 e. The van der Waals surface area contributed by atoms with E-state index in [9.17, 15) is 4.79 Å². The van der Waals surface area contributed by atoms with Crippen LogP contribution in [0.1, 0.15) is 32.6 Å². The summed E-state index contributed by atoms with van der Waals surface area (Å²) >= 11 is 0. The molecule has 1 fully saturated rings. The number of amides is 1. The molecule has 4 nitrogen and oxygen atoms in total. The minimum atomic E-state index is -0.134. The van der Waals surface area contributed by atoms with E-state index in [0.717, 1.165) is 25.8 Å². The molecule has 1 amide bonds. The lowest BCUT2D eigenvalue weighted by atomic mass is 9.82. The molecule has 1 aliphatic rings. The van der Waals surface area contributed by atoms with Crippen LogP contribution in [0.5, 0.6) is 0 Å². The Kier molecular flexibility index (Phi) is 5.22. The molecule has 16 heavy (non-hydrogen) atoms. The molecule has 0 saturated heterocycles. The standard InChI is InChI=1S/C12H24N2O2/c1-9(7-13)3-4-12(16)14(2)8-10-5-11(15)6-10/h9-11,15H,3-8,13H2,1-2H3. The van der Waals surface area contributed by atoms with E-state index in [2.05, 4.69) is 6.92 Å². The molecule has 1 rings (SSSR count). The Labute approximate surface area is 97.8 Å². The molecule has 3 N–H and O–H groups in total. The van der Waals surface area contributed by atoms with Gasteiger partial charge < -0.3 is 15.7 Å². The molecule has 0 radical (unpaired) electrons. The summed E-state index contributed by atoms with van der Waals surface area (Å²) in [7, 11) is 1.85. The van der Waals surface area contributed by atoms with Crippen LogP contribution >= 0.6 is 0 Å². The molecule has 0 spiro atoms. The van der Waals surface area contributed by atoms with Crippen LogP contribution in [0.4, 0.5) is 0 Å². The number of hydrogen-bond acceptors (Lipinski definition) is 3. The highest BCUT2D eigenvalue weighted by atomic mass is 16.3. The van der Waals surface area contributed by atoms with E-state index >= 15 is 0 Å². The monoisotopic (exact) mass is 228 g/mol. The van der Waals surface area contributed by atoms with Gasteiger partial charge in [-0.1, -0.05) is 6.92 Å². The predicted molar refractivity (Wildman–Crippen MR) is 63.8 cm³/mol. The molecule has 1 atom stereocenters. The van der Waals surface area contributed by atoms with Gasteiger partial charge in [0.05, 0.1) is 6.10 Å². The first-order valence-corrected chi connectivity index (χ1v) is 6.15. The molecule has 4 heteroatoms. The van der Waals surface area contributed by atoms with Gasteiger partial charge in [0, 0.05) is 20.0 Å². The molecule has 0 aromatic carbocycles. The van der Waals surface area contributed by atoms with Gasteiger partial charge in [-0.15, -0.1) is 0 Å². The minimum Gasteiger partial charge on any atom is -0.393 e. The largest absolute Gasteiger partial charge is 0.393 e. The van der Waals surface area contributed by atoms with Crippen molar-refractivity contribution >= 4 is 5.91 Å². The van der Waals surface area contributed by atoms with Gasteiger partial charge in [-0.05, 0) is 37.6 Å². The number of carbonyl (C=O) groups excluding carboxylic acids is 1. The summed E-state index contributed by atoms with van der Waals surface area (Å²) in [6, 6.07) is 0. The Hall–Kier alpha value is -0.610. The van der Waals surface area contributed by atoms with Crippen LogP contribution < -0.4 is 5.73 Å². The zero-order chi connectivity index (χ0) is 12.1. The van der Waals surface area contributed by atoms with Crippen molar-refractivity contribution in [2.75, 3.05) is 20.1 Å². The lowest BCUT2D eigenvalue weighted by Crippen LogP contribution is -2.39. The summed E-state index contributed by atoms with van der Waals surface area (Å²) in [4.78, 5) is 13.5. The van der Waals surface area contributed by atoms with Gasteiger partial charge in [0.2, 0.25) is 5.91 Å². The molecule has 0 aromatic heterocycles. The number of nitrogens with two attached hydrogens (primary N) is 1. The van der Waals surface area contributed by atoms with Crippen LogP contribution in [-0.2, 0) is 4.79 Å². The predicted octanol–water partition coefficient (Wildman–Crippen LogP) is 0.591. The molecule has 0 aliphatic heterocycles. The minimum absolute atomic E-state index is 0.134. The third-order valence-electron chi connectivity index (χ3n) is 3.42. The molecule has 1 saturated carbocycles. The number of aliphatic hydroxyl groups excluding tert-OH is 1. The van der Waals surface area contributed by atoms with Gasteiger partial charge >= 0.3 is 0 Å². The Morgan fingerprint density at radius 1 is 1.56 bits per heavy atom. The first-order valence-electron chi connectivity index (χ1n) is 6.15. The first-order chi connectivity index (χ1) is 7.52. The zero-order valence-corrected chi connectivity index (χ0v) is 10.4. The van der Waals surface area contributed by atoms with Gasteiger partial charge in [-0.3, -0.25) is 4.79 Å². The van der Waals surface area contributed by atoms with E-state index in [1.54, 1.807) is 4.90 Å². The number of carbonyl (C=O) groups is 1. The van der Waals surface area contributed by atoms with Crippen molar-refractivity contribution in [3.05, 3.63) is 0 Å². The molecular weight excluding hydrogens is 204 g/mol. The zero-order valence-electron chi connectivity index (χ0n) is 10.4. The van der Waals surface area contributed by atoms with Crippen molar-refractivity contribution in [1.82, 2.24) is 4.90 Å². The average molecular weight is 228 g/mol. The molecule has 0 heterocycles. The van der Waals surface area contributed by atoms with E-state index in [-0.39, 0.29) is 12.0 Å². The Balaban J connectivity index is 2.15. The summed E-state index contributed by atoms with van der Waals surface area (Å²) in [5.41, 5.74) is 5.51. The van der Waals surface area contributed by atoms with Crippen LogP contribution in [0.25, 0.3) is 0 Å². The topological polar surface area (TPSA) is 66.6 Å². The van der Waals surface area contributed by atoms with Gasteiger partial charge in [-0.25, -0.2) is 0 Å². The molecule has 0 aromatic rings. The Morgan fingerprint density at radius 2 is 2.19 bits per heavy atom. The molecule has 1 unspecified atom stereocenters. The lowest BCUT2D eigenvalue weighted by Gasteiger charge is -2.34. The van der Waals surface area contributed by atoms with Crippen LogP contribution in [-0.4, -0.2) is 42.2 Å². The van der Waals surface area contributed by atoms with E-state index in [4.69, 9.17) is 10.8 Å². The first kappa shape index (κ1) is 13.5. The van der Waals surface area contributed by atoms with Crippen molar-refractivity contribution < 1.29 is 9.90 Å². The van der Waals surface area contributed by atoms with Gasteiger partial charge in [0.25, 0.3) is 0 Å². The molecular formula is C12H24N2O2. The van der Waals surface area contributed by atoms with E-state index in [0.29, 0.717) is 24.8 Å².